The number of nitrogens with zero attached hydrogens (tertiary/aromatic N) is 3. The van der Waals surface area contributed by atoms with Gasteiger partial charge >= 0.3 is 0 Å². The van der Waals surface area contributed by atoms with Crippen LogP contribution in [0.4, 0.5) is 11.6 Å². The van der Waals surface area contributed by atoms with Crippen molar-refractivity contribution in [2.75, 3.05) is 30.8 Å². The lowest BCUT2D eigenvalue weighted by Gasteiger charge is -2.33. The highest BCUT2D eigenvalue weighted by Crippen LogP contribution is 2.29. The summed E-state index contributed by atoms with van der Waals surface area (Å²) in [6, 6.07) is 4.86. The minimum Gasteiger partial charge on any atom is -0.496 e. The summed E-state index contributed by atoms with van der Waals surface area (Å²) in [7, 11) is 1.49. The molecule has 2 heterocycles. The van der Waals surface area contributed by atoms with Gasteiger partial charge in [0.25, 0.3) is 5.91 Å². The fourth-order valence-electron chi connectivity index (χ4n) is 2.91. The number of halogens is 3. The van der Waals surface area contributed by atoms with E-state index in [1.165, 1.54) is 13.2 Å². The molecule has 1 unspecified atom stereocenters. The van der Waals surface area contributed by atoms with Gasteiger partial charge in [-0.15, -0.1) is 24.8 Å². The van der Waals surface area contributed by atoms with E-state index in [1.807, 2.05) is 0 Å². The normalized spacial score (nSPS) is 15.9. The number of anilines is 2. The molecule has 1 atom stereocenters. The van der Waals surface area contributed by atoms with Crippen molar-refractivity contribution in [2.24, 2.45) is 0 Å². The van der Waals surface area contributed by atoms with Crippen molar-refractivity contribution >= 4 is 54.0 Å². The van der Waals surface area contributed by atoms with Crippen molar-refractivity contribution in [1.82, 2.24) is 15.3 Å². The monoisotopic (exact) mass is 433 g/mol. The van der Waals surface area contributed by atoms with Crippen LogP contribution in [0.1, 0.15) is 23.2 Å². The number of hydrogen-bond donors (Lipinski definition) is 2. The van der Waals surface area contributed by atoms with Gasteiger partial charge in [-0.05, 0) is 25.0 Å². The van der Waals surface area contributed by atoms with Crippen LogP contribution < -0.4 is 20.7 Å². The molecule has 3 N–H and O–H groups in total. The van der Waals surface area contributed by atoms with E-state index >= 15 is 0 Å². The van der Waals surface area contributed by atoms with Gasteiger partial charge in [-0.25, -0.2) is 9.97 Å². The lowest BCUT2D eigenvalue weighted by molar-refractivity contribution is 0.0930. The van der Waals surface area contributed by atoms with Crippen molar-refractivity contribution in [3.8, 4) is 5.75 Å². The Morgan fingerprint density at radius 3 is 2.70 bits per heavy atom. The van der Waals surface area contributed by atoms with E-state index in [-0.39, 0.29) is 36.8 Å². The second-order valence-electron chi connectivity index (χ2n) is 5.88. The molecule has 1 aromatic carbocycles. The Hall–Kier alpha value is -1.96. The van der Waals surface area contributed by atoms with Gasteiger partial charge in [0.15, 0.2) is 0 Å². The number of amides is 1. The minimum atomic E-state index is -0.236. The van der Waals surface area contributed by atoms with Gasteiger partial charge in [-0.2, -0.15) is 0 Å². The van der Waals surface area contributed by atoms with Crippen LogP contribution in [-0.4, -0.2) is 42.1 Å². The molecule has 1 saturated heterocycles. The van der Waals surface area contributed by atoms with E-state index in [9.17, 15) is 4.79 Å². The molecular weight excluding hydrogens is 413 g/mol. The molecule has 10 heteroatoms. The second-order valence-corrected chi connectivity index (χ2v) is 6.29. The van der Waals surface area contributed by atoms with Crippen molar-refractivity contribution in [3.05, 3.63) is 41.2 Å². The summed E-state index contributed by atoms with van der Waals surface area (Å²) in [6.07, 6.45) is 5.26. The summed E-state index contributed by atoms with van der Waals surface area (Å²) in [5.41, 5.74) is 6.51. The zero-order valence-electron chi connectivity index (χ0n) is 14.7. The van der Waals surface area contributed by atoms with Gasteiger partial charge in [0.1, 0.15) is 5.75 Å². The molecule has 1 amide bonds. The number of piperidine rings is 1. The molecule has 27 heavy (non-hydrogen) atoms. The van der Waals surface area contributed by atoms with Crippen LogP contribution in [0.3, 0.4) is 0 Å². The number of benzene rings is 1. The average Bonchev–Trinajstić information content (AvgIpc) is 2.64. The summed E-state index contributed by atoms with van der Waals surface area (Å²) in [4.78, 5) is 23.3. The molecule has 148 valence electrons. The molecule has 7 nitrogen and oxygen atoms in total. The van der Waals surface area contributed by atoms with Crippen molar-refractivity contribution in [3.63, 3.8) is 0 Å². The molecule has 0 saturated carbocycles. The second kappa shape index (κ2) is 10.4. The molecule has 1 aromatic heterocycles. The number of ether oxygens (including phenoxy) is 1. The van der Waals surface area contributed by atoms with Gasteiger partial charge in [0.2, 0.25) is 5.95 Å². The molecule has 2 aromatic rings. The van der Waals surface area contributed by atoms with E-state index in [1.54, 1.807) is 24.5 Å². The molecule has 0 spiro atoms. The third-order valence-electron chi connectivity index (χ3n) is 4.16. The van der Waals surface area contributed by atoms with Crippen LogP contribution in [0.15, 0.2) is 30.6 Å². The maximum Gasteiger partial charge on any atom is 0.255 e. The lowest BCUT2D eigenvalue weighted by Crippen LogP contribution is -2.48. The van der Waals surface area contributed by atoms with Crippen LogP contribution in [0, 0.1) is 0 Å². The first-order valence-electron chi connectivity index (χ1n) is 8.04. The summed E-state index contributed by atoms with van der Waals surface area (Å²) < 4.78 is 5.25. The molecular formula is C17H22Cl3N5O2. The zero-order chi connectivity index (χ0) is 17.8. The third-order valence-corrected chi connectivity index (χ3v) is 4.48. The van der Waals surface area contributed by atoms with Gasteiger partial charge < -0.3 is 20.7 Å². The van der Waals surface area contributed by atoms with Gasteiger partial charge in [-0.1, -0.05) is 11.6 Å². The first kappa shape index (κ1) is 23.1. The van der Waals surface area contributed by atoms with Crippen LogP contribution in [-0.2, 0) is 0 Å². The third kappa shape index (κ3) is 5.51. The maximum atomic E-state index is 12.7. The van der Waals surface area contributed by atoms with E-state index in [0.717, 1.165) is 19.4 Å². The maximum absolute atomic E-state index is 12.7. The molecule has 0 aliphatic carbocycles. The Labute approximate surface area is 175 Å². The molecule has 3 rings (SSSR count). The lowest BCUT2D eigenvalue weighted by atomic mass is 10.0. The van der Waals surface area contributed by atoms with Crippen LogP contribution >= 0.6 is 36.4 Å². The molecule has 1 aliphatic heterocycles. The Kier molecular flexibility index (Phi) is 8.88. The van der Waals surface area contributed by atoms with E-state index in [0.29, 0.717) is 34.5 Å². The highest BCUT2D eigenvalue weighted by Gasteiger charge is 2.24. The van der Waals surface area contributed by atoms with Crippen molar-refractivity contribution < 1.29 is 9.53 Å². The first-order valence-corrected chi connectivity index (χ1v) is 8.42. The number of hydrogen-bond acceptors (Lipinski definition) is 6. The number of carbonyl (C=O) groups is 1. The SMILES string of the molecule is COc1cc(N)c(Cl)cc1C(=O)NC1CCCN(c2ncccn2)C1.Cl.Cl. The summed E-state index contributed by atoms with van der Waals surface area (Å²) in [5, 5.41) is 3.37. The van der Waals surface area contributed by atoms with Crippen LogP contribution in [0.2, 0.25) is 5.02 Å². The predicted molar refractivity (Wildman–Crippen MR) is 112 cm³/mol. The molecule has 0 radical (unpaired) electrons. The molecule has 1 aliphatic rings. The van der Waals surface area contributed by atoms with Crippen molar-refractivity contribution in [2.45, 2.75) is 18.9 Å². The van der Waals surface area contributed by atoms with Crippen LogP contribution in [0.5, 0.6) is 5.75 Å². The highest BCUT2D eigenvalue weighted by atomic mass is 35.5. The number of aromatic nitrogens is 2. The van der Waals surface area contributed by atoms with Gasteiger partial charge in [0, 0.05) is 37.6 Å². The number of rotatable bonds is 4. The van der Waals surface area contributed by atoms with Gasteiger partial charge in [0.05, 0.1) is 23.4 Å². The smallest absolute Gasteiger partial charge is 0.255 e. The van der Waals surface area contributed by atoms with Gasteiger partial charge in [-0.3, -0.25) is 4.79 Å². The average molecular weight is 435 g/mol. The van der Waals surface area contributed by atoms with Crippen LogP contribution in [0.25, 0.3) is 0 Å². The minimum absolute atomic E-state index is 0. The summed E-state index contributed by atoms with van der Waals surface area (Å²) >= 11 is 6.05. The number of nitrogen functional groups attached to an aromatic ring is 1. The number of nitrogens with two attached hydrogens (primary N) is 1. The Bertz CT molecular complexity index is 764. The fourth-order valence-corrected chi connectivity index (χ4v) is 3.07. The number of carbonyl (C=O) groups excluding carboxylic acids is 1. The van der Waals surface area contributed by atoms with E-state index in [4.69, 9.17) is 22.1 Å². The fraction of sp³-hybridized carbons (Fsp3) is 0.353. The standard InChI is InChI=1S/C17H20ClN5O2.2ClH/c1-25-15-9-14(19)13(18)8-12(15)16(24)22-11-4-2-7-23(10-11)17-20-5-3-6-21-17;;/h3,5-6,8-9,11H,2,4,7,10,19H2,1H3,(H,22,24);2*1H. The van der Waals surface area contributed by atoms with Crippen molar-refractivity contribution in [1.29, 1.82) is 0 Å². The molecule has 0 bridgehead atoms. The number of methoxy groups -OCH3 is 1. The Morgan fingerprint density at radius 1 is 1.33 bits per heavy atom. The Balaban J connectivity index is 0.00000182. The summed E-state index contributed by atoms with van der Waals surface area (Å²) in [6.45, 7) is 1.52. The van der Waals surface area contributed by atoms with E-state index < -0.39 is 0 Å². The predicted octanol–water partition coefficient (Wildman–Crippen LogP) is 2.96. The zero-order valence-corrected chi connectivity index (χ0v) is 17.1. The largest absolute Gasteiger partial charge is 0.496 e. The highest BCUT2D eigenvalue weighted by molar-refractivity contribution is 6.33. The Morgan fingerprint density at radius 2 is 2.04 bits per heavy atom. The number of nitrogens with one attached hydrogen (secondary N) is 1. The van der Waals surface area contributed by atoms with E-state index in [2.05, 4.69) is 20.2 Å². The first-order chi connectivity index (χ1) is 12.1. The quantitative estimate of drug-likeness (QED) is 0.719. The molecule has 1 fully saturated rings. The summed E-state index contributed by atoms with van der Waals surface area (Å²) in [5.74, 6) is 0.840. The topological polar surface area (TPSA) is 93.4 Å².